The Morgan fingerprint density at radius 1 is 1.43 bits per heavy atom. The standard InChI is InChI=1S/C16H23N3O2/c1-3-21-15-14(5-4-8-17-15)16(20)19-10-9-18(11-12(19)2)13-6-7-13/h4-5,8,12-13H,3,6-7,9-11H2,1-2H3. The Bertz CT molecular complexity index is 516. The normalized spacial score (nSPS) is 23.1. The molecular weight excluding hydrogens is 266 g/mol. The monoisotopic (exact) mass is 289 g/mol. The lowest BCUT2D eigenvalue weighted by Crippen LogP contribution is -2.54. The molecule has 1 aliphatic carbocycles. The van der Waals surface area contributed by atoms with Gasteiger partial charge in [0.05, 0.1) is 6.61 Å². The van der Waals surface area contributed by atoms with Crippen molar-refractivity contribution in [2.45, 2.75) is 38.8 Å². The molecule has 0 spiro atoms. The fourth-order valence-corrected chi connectivity index (χ4v) is 3.02. The second-order valence-electron chi connectivity index (χ2n) is 5.86. The van der Waals surface area contributed by atoms with Crippen LogP contribution in [0.5, 0.6) is 5.88 Å². The zero-order valence-corrected chi connectivity index (χ0v) is 12.8. The van der Waals surface area contributed by atoms with Crippen molar-refractivity contribution >= 4 is 5.91 Å². The number of hydrogen-bond acceptors (Lipinski definition) is 4. The van der Waals surface area contributed by atoms with Crippen molar-refractivity contribution in [3.8, 4) is 5.88 Å². The molecule has 1 saturated carbocycles. The van der Waals surface area contributed by atoms with E-state index in [4.69, 9.17) is 4.74 Å². The summed E-state index contributed by atoms with van der Waals surface area (Å²) in [5, 5.41) is 0. The first-order valence-corrected chi connectivity index (χ1v) is 7.83. The summed E-state index contributed by atoms with van der Waals surface area (Å²) in [7, 11) is 0. The highest BCUT2D eigenvalue weighted by Crippen LogP contribution is 2.29. The van der Waals surface area contributed by atoms with E-state index in [9.17, 15) is 4.79 Å². The average Bonchev–Trinajstić information content (AvgIpc) is 3.32. The highest BCUT2D eigenvalue weighted by atomic mass is 16.5. The first kappa shape index (κ1) is 14.3. The van der Waals surface area contributed by atoms with Crippen LogP contribution >= 0.6 is 0 Å². The van der Waals surface area contributed by atoms with E-state index in [0.717, 1.165) is 25.7 Å². The molecule has 0 N–H and O–H groups in total. The van der Waals surface area contributed by atoms with Crippen LogP contribution in [0.2, 0.25) is 0 Å². The lowest BCUT2D eigenvalue weighted by molar-refractivity contribution is 0.0469. The van der Waals surface area contributed by atoms with Gasteiger partial charge in [-0.15, -0.1) is 0 Å². The first-order chi connectivity index (χ1) is 10.2. The fourth-order valence-electron chi connectivity index (χ4n) is 3.02. The summed E-state index contributed by atoms with van der Waals surface area (Å²) in [4.78, 5) is 21.4. The Kier molecular flexibility index (Phi) is 4.10. The van der Waals surface area contributed by atoms with Crippen LogP contribution in [-0.4, -0.2) is 59.0 Å². The summed E-state index contributed by atoms with van der Waals surface area (Å²) in [6.07, 6.45) is 4.30. The maximum Gasteiger partial charge on any atom is 0.259 e. The second kappa shape index (κ2) is 6.02. The van der Waals surface area contributed by atoms with Gasteiger partial charge in [-0.25, -0.2) is 4.98 Å². The summed E-state index contributed by atoms with van der Waals surface area (Å²) in [5.74, 6) is 0.483. The van der Waals surface area contributed by atoms with Crippen molar-refractivity contribution in [3.63, 3.8) is 0 Å². The Morgan fingerprint density at radius 3 is 2.90 bits per heavy atom. The van der Waals surface area contributed by atoms with Crippen LogP contribution < -0.4 is 4.74 Å². The molecule has 2 fully saturated rings. The minimum Gasteiger partial charge on any atom is -0.477 e. The van der Waals surface area contributed by atoms with Gasteiger partial charge in [-0.2, -0.15) is 0 Å². The highest BCUT2D eigenvalue weighted by molar-refractivity contribution is 5.96. The number of amides is 1. The van der Waals surface area contributed by atoms with Crippen molar-refractivity contribution in [3.05, 3.63) is 23.9 Å². The molecule has 0 radical (unpaired) electrons. The summed E-state index contributed by atoms with van der Waals surface area (Å²) >= 11 is 0. The van der Waals surface area contributed by atoms with Gasteiger partial charge in [0, 0.05) is 37.9 Å². The molecule has 1 aromatic heterocycles. The van der Waals surface area contributed by atoms with Crippen LogP contribution in [-0.2, 0) is 0 Å². The van der Waals surface area contributed by atoms with Crippen LogP contribution in [0.25, 0.3) is 0 Å². The fraction of sp³-hybridized carbons (Fsp3) is 0.625. The van der Waals surface area contributed by atoms with Crippen LogP contribution in [0, 0.1) is 0 Å². The number of rotatable bonds is 4. The van der Waals surface area contributed by atoms with E-state index in [1.54, 1.807) is 18.3 Å². The molecule has 0 bridgehead atoms. The van der Waals surface area contributed by atoms with Gasteiger partial charge in [-0.1, -0.05) is 0 Å². The molecule has 1 amide bonds. The van der Waals surface area contributed by atoms with Crippen LogP contribution in [0.15, 0.2) is 18.3 Å². The first-order valence-electron chi connectivity index (χ1n) is 7.83. The molecule has 1 saturated heterocycles. The Balaban J connectivity index is 1.73. The lowest BCUT2D eigenvalue weighted by atomic mass is 10.1. The number of nitrogens with zero attached hydrogens (tertiary/aromatic N) is 3. The maximum atomic E-state index is 12.8. The molecule has 2 aliphatic rings. The Labute approximate surface area is 125 Å². The summed E-state index contributed by atoms with van der Waals surface area (Å²) in [6.45, 7) is 7.29. The average molecular weight is 289 g/mol. The van der Waals surface area contributed by atoms with Gasteiger partial charge in [-0.3, -0.25) is 9.69 Å². The van der Waals surface area contributed by atoms with E-state index in [-0.39, 0.29) is 11.9 Å². The van der Waals surface area contributed by atoms with E-state index in [2.05, 4.69) is 16.8 Å². The van der Waals surface area contributed by atoms with Gasteiger partial charge in [0.1, 0.15) is 5.56 Å². The smallest absolute Gasteiger partial charge is 0.259 e. The largest absolute Gasteiger partial charge is 0.477 e. The molecule has 5 heteroatoms. The van der Waals surface area contributed by atoms with Crippen molar-refractivity contribution in [1.82, 2.24) is 14.8 Å². The topological polar surface area (TPSA) is 45.7 Å². The van der Waals surface area contributed by atoms with E-state index < -0.39 is 0 Å². The predicted octanol–water partition coefficient (Wildman–Crippen LogP) is 1.79. The SMILES string of the molecule is CCOc1ncccc1C(=O)N1CCN(C2CC2)CC1C. The molecule has 5 nitrogen and oxygen atoms in total. The third kappa shape index (κ3) is 3.02. The van der Waals surface area contributed by atoms with Gasteiger partial charge >= 0.3 is 0 Å². The number of pyridine rings is 1. The van der Waals surface area contributed by atoms with E-state index in [1.807, 2.05) is 11.8 Å². The van der Waals surface area contributed by atoms with Crippen LogP contribution in [0.4, 0.5) is 0 Å². The minimum absolute atomic E-state index is 0.0366. The maximum absolute atomic E-state index is 12.8. The van der Waals surface area contributed by atoms with Crippen molar-refractivity contribution in [2.75, 3.05) is 26.2 Å². The molecule has 1 aliphatic heterocycles. The Hall–Kier alpha value is -1.62. The van der Waals surface area contributed by atoms with Gasteiger partial charge in [-0.05, 0) is 38.8 Å². The number of piperazine rings is 1. The van der Waals surface area contributed by atoms with E-state index in [0.29, 0.717) is 18.1 Å². The number of carbonyl (C=O) groups excluding carboxylic acids is 1. The van der Waals surface area contributed by atoms with Gasteiger partial charge < -0.3 is 9.64 Å². The zero-order valence-electron chi connectivity index (χ0n) is 12.8. The lowest BCUT2D eigenvalue weighted by Gasteiger charge is -2.40. The molecule has 1 atom stereocenters. The summed E-state index contributed by atoms with van der Waals surface area (Å²) in [5.41, 5.74) is 0.575. The third-order valence-electron chi connectivity index (χ3n) is 4.27. The van der Waals surface area contributed by atoms with Crippen LogP contribution in [0.3, 0.4) is 0 Å². The molecule has 2 heterocycles. The highest BCUT2D eigenvalue weighted by Gasteiger charge is 2.36. The van der Waals surface area contributed by atoms with Crippen molar-refractivity contribution in [1.29, 1.82) is 0 Å². The molecule has 1 aromatic rings. The predicted molar refractivity (Wildman–Crippen MR) is 80.5 cm³/mol. The van der Waals surface area contributed by atoms with E-state index in [1.165, 1.54) is 12.8 Å². The van der Waals surface area contributed by atoms with Gasteiger partial charge in [0.25, 0.3) is 5.91 Å². The number of hydrogen-bond donors (Lipinski definition) is 0. The van der Waals surface area contributed by atoms with E-state index >= 15 is 0 Å². The number of aromatic nitrogens is 1. The quantitative estimate of drug-likeness (QED) is 0.848. The molecule has 1 unspecified atom stereocenters. The second-order valence-corrected chi connectivity index (χ2v) is 5.86. The third-order valence-corrected chi connectivity index (χ3v) is 4.27. The molecule has 21 heavy (non-hydrogen) atoms. The number of ether oxygens (including phenoxy) is 1. The minimum atomic E-state index is 0.0366. The Morgan fingerprint density at radius 2 is 2.24 bits per heavy atom. The molecular formula is C16H23N3O2. The summed E-state index contributed by atoms with van der Waals surface area (Å²) in [6, 6.07) is 4.60. The summed E-state index contributed by atoms with van der Waals surface area (Å²) < 4.78 is 5.48. The zero-order chi connectivity index (χ0) is 14.8. The van der Waals surface area contributed by atoms with Crippen molar-refractivity contribution < 1.29 is 9.53 Å². The van der Waals surface area contributed by atoms with Gasteiger partial charge in [0.15, 0.2) is 0 Å². The van der Waals surface area contributed by atoms with Crippen LogP contribution in [0.1, 0.15) is 37.0 Å². The van der Waals surface area contributed by atoms with Gasteiger partial charge in [0.2, 0.25) is 5.88 Å². The molecule has 0 aromatic carbocycles. The molecule has 114 valence electrons. The number of carbonyl (C=O) groups is 1. The molecule has 3 rings (SSSR count). The van der Waals surface area contributed by atoms with Crippen molar-refractivity contribution in [2.24, 2.45) is 0 Å².